The van der Waals surface area contributed by atoms with Gasteiger partial charge in [0.1, 0.15) is 5.75 Å². The third-order valence-corrected chi connectivity index (χ3v) is 3.02. The molecule has 1 atom stereocenters. The number of nitrogens with one attached hydrogen (secondary N) is 1. The SMILES string of the molecule is Cc1ccc(OCC(=O)NCCC(C)C)c([C@H](C)O)c1. The molecule has 1 aromatic carbocycles. The highest BCUT2D eigenvalue weighted by Crippen LogP contribution is 2.26. The van der Waals surface area contributed by atoms with Gasteiger partial charge in [0.15, 0.2) is 6.61 Å². The molecule has 0 heterocycles. The first-order valence-electron chi connectivity index (χ1n) is 7.08. The highest BCUT2D eigenvalue weighted by molar-refractivity contribution is 5.77. The molecule has 0 saturated heterocycles. The normalized spacial score (nSPS) is 12.3. The molecule has 2 N–H and O–H groups in total. The van der Waals surface area contributed by atoms with Gasteiger partial charge in [-0.05, 0) is 38.3 Å². The Kier molecular flexibility index (Phi) is 6.52. The van der Waals surface area contributed by atoms with Gasteiger partial charge < -0.3 is 15.2 Å². The van der Waals surface area contributed by atoms with Crippen LogP contribution in [-0.2, 0) is 4.79 Å². The Morgan fingerprint density at radius 1 is 1.35 bits per heavy atom. The standard InChI is InChI=1S/C16H25NO3/c1-11(2)7-8-17-16(19)10-20-15-6-5-12(3)9-14(15)13(4)18/h5-6,9,11,13,18H,7-8,10H2,1-4H3,(H,17,19)/t13-/m0/s1. The fourth-order valence-electron chi connectivity index (χ4n) is 1.82. The molecule has 0 radical (unpaired) electrons. The van der Waals surface area contributed by atoms with E-state index in [4.69, 9.17) is 4.74 Å². The van der Waals surface area contributed by atoms with Crippen LogP contribution in [0.1, 0.15) is 44.4 Å². The number of hydrogen-bond acceptors (Lipinski definition) is 3. The second-order valence-corrected chi connectivity index (χ2v) is 5.54. The number of aliphatic hydroxyl groups is 1. The van der Waals surface area contributed by atoms with Crippen molar-refractivity contribution >= 4 is 5.91 Å². The zero-order valence-corrected chi connectivity index (χ0v) is 12.8. The van der Waals surface area contributed by atoms with Crippen LogP contribution < -0.4 is 10.1 Å². The van der Waals surface area contributed by atoms with Gasteiger partial charge >= 0.3 is 0 Å². The summed E-state index contributed by atoms with van der Waals surface area (Å²) in [6.07, 6.45) is 0.337. The van der Waals surface area contributed by atoms with Gasteiger partial charge in [0.05, 0.1) is 6.10 Å². The van der Waals surface area contributed by atoms with Crippen molar-refractivity contribution in [1.29, 1.82) is 0 Å². The van der Waals surface area contributed by atoms with E-state index in [1.54, 1.807) is 13.0 Å². The summed E-state index contributed by atoms with van der Waals surface area (Å²) in [7, 11) is 0. The van der Waals surface area contributed by atoms with Crippen LogP contribution in [0.3, 0.4) is 0 Å². The van der Waals surface area contributed by atoms with E-state index in [-0.39, 0.29) is 12.5 Å². The van der Waals surface area contributed by atoms with E-state index >= 15 is 0 Å². The quantitative estimate of drug-likeness (QED) is 0.806. The van der Waals surface area contributed by atoms with Crippen molar-refractivity contribution in [1.82, 2.24) is 5.32 Å². The topological polar surface area (TPSA) is 58.6 Å². The van der Waals surface area contributed by atoms with E-state index in [0.29, 0.717) is 23.8 Å². The largest absolute Gasteiger partial charge is 0.483 e. The van der Waals surface area contributed by atoms with E-state index in [1.165, 1.54) is 0 Å². The zero-order valence-electron chi connectivity index (χ0n) is 12.8. The van der Waals surface area contributed by atoms with Gasteiger partial charge in [0.2, 0.25) is 0 Å². The number of ether oxygens (including phenoxy) is 1. The van der Waals surface area contributed by atoms with Gasteiger partial charge in [-0.3, -0.25) is 4.79 Å². The Morgan fingerprint density at radius 2 is 2.05 bits per heavy atom. The molecule has 1 aromatic rings. The Bertz CT molecular complexity index is 441. The van der Waals surface area contributed by atoms with Crippen molar-refractivity contribution in [3.05, 3.63) is 29.3 Å². The van der Waals surface area contributed by atoms with Crippen LogP contribution >= 0.6 is 0 Å². The Morgan fingerprint density at radius 3 is 2.65 bits per heavy atom. The van der Waals surface area contributed by atoms with E-state index < -0.39 is 6.10 Å². The molecule has 0 aliphatic carbocycles. The number of aliphatic hydroxyl groups excluding tert-OH is 1. The number of rotatable bonds is 7. The average molecular weight is 279 g/mol. The predicted molar refractivity (Wildman–Crippen MR) is 79.8 cm³/mol. The molecule has 4 heteroatoms. The lowest BCUT2D eigenvalue weighted by Gasteiger charge is -2.14. The van der Waals surface area contributed by atoms with Crippen LogP contribution in [0.4, 0.5) is 0 Å². The molecule has 112 valence electrons. The number of amides is 1. The van der Waals surface area contributed by atoms with Crippen molar-refractivity contribution in [3.8, 4) is 5.75 Å². The molecule has 0 aliphatic rings. The third-order valence-electron chi connectivity index (χ3n) is 3.02. The summed E-state index contributed by atoms with van der Waals surface area (Å²) >= 11 is 0. The Hall–Kier alpha value is -1.55. The first-order valence-corrected chi connectivity index (χ1v) is 7.08. The molecule has 0 fully saturated rings. The minimum absolute atomic E-state index is 0.0269. The average Bonchev–Trinajstić information content (AvgIpc) is 2.36. The lowest BCUT2D eigenvalue weighted by molar-refractivity contribution is -0.123. The first-order chi connectivity index (χ1) is 9.40. The second-order valence-electron chi connectivity index (χ2n) is 5.54. The third kappa shape index (κ3) is 5.61. The maximum Gasteiger partial charge on any atom is 0.257 e. The number of hydrogen-bond donors (Lipinski definition) is 2. The molecular formula is C16H25NO3. The van der Waals surface area contributed by atoms with Gasteiger partial charge in [0, 0.05) is 12.1 Å². The monoisotopic (exact) mass is 279 g/mol. The van der Waals surface area contributed by atoms with Crippen LogP contribution in [0.25, 0.3) is 0 Å². The fraction of sp³-hybridized carbons (Fsp3) is 0.562. The van der Waals surface area contributed by atoms with Gasteiger partial charge in [-0.1, -0.05) is 25.5 Å². The van der Waals surface area contributed by atoms with Crippen molar-refractivity contribution in [2.45, 2.75) is 40.2 Å². The molecule has 0 aromatic heterocycles. The molecular weight excluding hydrogens is 254 g/mol. The predicted octanol–water partition coefficient (Wildman–Crippen LogP) is 2.59. The maximum atomic E-state index is 11.6. The van der Waals surface area contributed by atoms with Gasteiger partial charge in [0.25, 0.3) is 5.91 Å². The number of carbonyl (C=O) groups excluding carboxylic acids is 1. The first kappa shape index (κ1) is 16.5. The molecule has 1 amide bonds. The van der Waals surface area contributed by atoms with E-state index in [1.807, 2.05) is 19.1 Å². The molecule has 4 nitrogen and oxygen atoms in total. The molecule has 0 saturated carbocycles. The van der Waals surface area contributed by atoms with E-state index in [2.05, 4.69) is 19.2 Å². The van der Waals surface area contributed by atoms with Crippen LogP contribution in [0.15, 0.2) is 18.2 Å². The number of benzene rings is 1. The second kappa shape index (κ2) is 7.90. The lowest BCUT2D eigenvalue weighted by Crippen LogP contribution is -2.30. The summed E-state index contributed by atoms with van der Waals surface area (Å²) < 4.78 is 5.50. The zero-order chi connectivity index (χ0) is 15.1. The minimum Gasteiger partial charge on any atom is -0.483 e. The van der Waals surface area contributed by atoms with Crippen LogP contribution in [0.5, 0.6) is 5.75 Å². The summed E-state index contributed by atoms with van der Waals surface area (Å²) in [5.41, 5.74) is 1.76. The van der Waals surface area contributed by atoms with Gasteiger partial charge in [-0.25, -0.2) is 0 Å². The highest BCUT2D eigenvalue weighted by atomic mass is 16.5. The number of aryl methyl sites for hydroxylation is 1. The smallest absolute Gasteiger partial charge is 0.257 e. The van der Waals surface area contributed by atoms with Gasteiger partial charge in [-0.2, -0.15) is 0 Å². The van der Waals surface area contributed by atoms with Crippen LogP contribution in [0, 0.1) is 12.8 Å². The molecule has 0 spiro atoms. The maximum absolute atomic E-state index is 11.6. The van der Waals surface area contributed by atoms with Crippen LogP contribution in [0.2, 0.25) is 0 Å². The van der Waals surface area contributed by atoms with Gasteiger partial charge in [-0.15, -0.1) is 0 Å². The van der Waals surface area contributed by atoms with Crippen molar-refractivity contribution in [3.63, 3.8) is 0 Å². The molecule has 0 aliphatic heterocycles. The molecule has 1 rings (SSSR count). The van der Waals surface area contributed by atoms with E-state index in [0.717, 1.165) is 12.0 Å². The molecule has 0 bridgehead atoms. The molecule has 0 unspecified atom stereocenters. The highest BCUT2D eigenvalue weighted by Gasteiger charge is 2.11. The van der Waals surface area contributed by atoms with Crippen LogP contribution in [-0.4, -0.2) is 24.2 Å². The summed E-state index contributed by atoms with van der Waals surface area (Å²) in [4.78, 5) is 11.6. The summed E-state index contributed by atoms with van der Waals surface area (Å²) in [6.45, 7) is 8.50. The lowest BCUT2D eigenvalue weighted by atomic mass is 10.1. The molecule has 20 heavy (non-hydrogen) atoms. The number of carbonyl (C=O) groups is 1. The fourth-order valence-corrected chi connectivity index (χ4v) is 1.82. The summed E-state index contributed by atoms with van der Waals surface area (Å²) in [5, 5.41) is 12.5. The Balaban J connectivity index is 2.51. The summed E-state index contributed by atoms with van der Waals surface area (Å²) in [6, 6.07) is 5.56. The van der Waals surface area contributed by atoms with Crippen molar-refractivity contribution in [2.24, 2.45) is 5.92 Å². The van der Waals surface area contributed by atoms with Crippen molar-refractivity contribution in [2.75, 3.05) is 13.2 Å². The summed E-state index contributed by atoms with van der Waals surface area (Å²) in [5.74, 6) is 0.988. The Labute approximate surface area is 121 Å². The minimum atomic E-state index is -0.617. The van der Waals surface area contributed by atoms with E-state index in [9.17, 15) is 9.90 Å². The van der Waals surface area contributed by atoms with Crippen molar-refractivity contribution < 1.29 is 14.6 Å².